The highest BCUT2D eigenvalue weighted by Crippen LogP contribution is 2.45. The first-order chi connectivity index (χ1) is 6.70. The van der Waals surface area contributed by atoms with Crippen molar-refractivity contribution in [3.8, 4) is 0 Å². The Labute approximate surface area is 82.8 Å². The van der Waals surface area contributed by atoms with Crippen LogP contribution in [0, 0.1) is 11.8 Å². The lowest BCUT2D eigenvalue weighted by molar-refractivity contribution is -0.134. The van der Waals surface area contributed by atoms with Gasteiger partial charge >= 0.3 is 5.97 Å². The molecule has 2 nitrogen and oxygen atoms in total. The standard InChI is InChI=1S/C11H15FO2/c12-10(11(13)14)9(7-3-1-4-7)8-5-2-6-8/h7-8H,1-6H2,(H,13,14). The molecule has 0 aliphatic heterocycles. The summed E-state index contributed by atoms with van der Waals surface area (Å²) in [6, 6.07) is 0. The lowest BCUT2D eigenvalue weighted by Gasteiger charge is -2.37. The number of carbonyl (C=O) groups is 1. The molecule has 0 atom stereocenters. The van der Waals surface area contributed by atoms with Gasteiger partial charge in [0, 0.05) is 0 Å². The maximum atomic E-state index is 13.4. The molecule has 1 N–H and O–H groups in total. The van der Waals surface area contributed by atoms with E-state index in [1.165, 1.54) is 0 Å². The van der Waals surface area contributed by atoms with E-state index in [-0.39, 0.29) is 11.8 Å². The predicted octanol–water partition coefficient (Wildman–Crippen LogP) is 2.89. The van der Waals surface area contributed by atoms with Crippen molar-refractivity contribution in [3.05, 3.63) is 11.4 Å². The Kier molecular flexibility index (Phi) is 2.57. The molecule has 0 aromatic carbocycles. The SMILES string of the molecule is O=C(O)C(F)=C(C1CCC1)C1CCC1. The van der Waals surface area contributed by atoms with Gasteiger partial charge in [-0.3, -0.25) is 0 Å². The third kappa shape index (κ3) is 1.56. The van der Waals surface area contributed by atoms with Crippen LogP contribution >= 0.6 is 0 Å². The maximum Gasteiger partial charge on any atom is 0.364 e. The second-order valence-electron chi connectivity index (χ2n) is 4.33. The first-order valence-electron chi connectivity index (χ1n) is 5.33. The molecule has 2 aliphatic rings. The lowest BCUT2D eigenvalue weighted by Crippen LogP contribution is -2.26. The highest BCUT2D eigenvalue weighted by Gasteiger charge is 2.35. The average molecular weight is 198 g/mol. The molecule has 0 aromatic heterocycles. The number of halogens is 1. The van der Waals surface area contributed by atoms with Crippen LogP contribution in [0.25, 0.3) is 0 Å². The van der Waals surface area contributed by atoms with Crippen LogP contribution in [0.4, 0.5) is 4.39 Å². The summed E-state index contributed by atoms with van der Waals surface area (Å²) in [6.07, 6.45) is 6.15. The topological polar surface area (TPSA) is 37.3 Å². The Bertz CT molecular complexity index is 259. The van der Waals surface area contributed by atoms with E-state index in [0.717, 1.165) is 38.5 Å². The first-order valence-corrected chi connectivity index (χ1v) is 5.33. The number of hydrogen-bond acceptors (Lipinski definition) is 1. The molecule has 0 bridgehead atoms. The molecule has 0 amide bonds. The minimum atomic E-state index is -1.38. The smallest absolute Gasteiger partial charge is 0.364 e. The van der Waals surface area contributed by atoms with Crippen molar-refractivity contribution in [1.29, 1.82) is 0 Å². The van der Waals surface area contributed by atoms with Crippen LogP contribution in [-0.4, -0.2) is 11.1 Å². The molecule has 0 aromatic rings. The summed E-state index contributed by atoms with van der Waals surface area (Å²) < 4.78 is 13.4. The Hall–Kier alpha value is -0.860. The predicted molar refractivity (Wildman–Crippen MR) is 50.5 cm³/mol. The molecule has 2 saturated carbocycles. The summed E-state index contributed by atoms with van der Waals surface area (Å²) in [5.41, 5.74) is 0.620. The molecule has 2 fully saturated rings. The highest BCUT2D eigenvalue weighted by molar-refractivity contribution is 5.85. The van der Waals surface area contributed by atoms with Gasteiger partial charge in [-0.2, -0.15) is 4.39 Å². The van der Waals surface area contributed by atoms with Crippen LogP contribution in [0.15, 0.2) is 11.4 Å². The van der Waals surface area contributed by atoms with E-state index >= 15 is 0 Å². The summed E-state index contributed by atoms with van der Waals surface area (Å²) in [5.74, 6) is -1.77. The van der Waals surface area contributed by atoms with Gasteiger partial charge in [-0.15, -0.1) is 0 Å². The largest absolute Gasteiger partial charge is 0.476 e. The zero-order chi connectivity index (χ0) is 10.1. The number of carboxylic acids is 1. The third-order valence-electron chi connectivity index (χ3n) is 3.53. The molecular weight excluding hydrogens is 183 g/mol. The van der Waals surface area contributed by atoms with Crippen LogP contribution in [0.3, 0.4) is 0 Å². The van der Waals surface area contributed by atoms with Gasteiger partial charge in [-0.1, -0.05) is 12.8 Å². The molecule has 2 rings (SSSR count). The number of aliphatic carboxylic acids is 1. The van der Waals surface area contributed by atoms with Gasteiger partial charge in [0.2, 0.25) is 5.83 Å². The summed E-state index contributed by atoms with van der Waals surface area (Å²) in [4.78, 5) is 10.6. The minimum absolute atomic E-state index is 0.233. The van der Waals surface area contributed by atoms with Crippen molar-refractivity contribution in [2.45, 2.75) is 38.5 Å². The van der Waals surface area contributed by atoms with E-state index < -0.39 is 11.8 Å². The van der Waals surface area contributed by atoms with Crippen molar-refractivity contribution in [2.24, 2.45) is 11.8 Å². The molecule has 0 heterocycles. The fraction of sp³-hybridized carbons (Fsp3) is 0.727. The van der Waals surface area contributed by atoms with Gasteiger partial charge in [-0.05, 0) is 43.1 Å². The fourth-order valence-corrected chi connectivity index (χ4v) is 2.25. The van der Waals surface area contributed by atoms with Crippen LogP contribution < -0.4 is 0 Å². The van der Waals surface area contributed by atoms with Gasteiger partial charge in [0.15, 0.2) is 0 Å². The second kappa shape index (κ2) is 3.71. The average Bonchev–Trinajstić information content (AvgIpc) is 1.94. The molecule has 0 radical (unpaired) electrons. The normalized spacial score (nSPS) is 22.4. The van der Waals surface area contributed by atoms with Crippen LogP contribution in [-0.2, 0) is 4.79 Å². The minimum Gasteiger partial charge on any atom is -0.476 e. The zero-order valence-electron chi connectivity index (χ0n) is 8.13. The molecule has 78 valence electrons. The maximum absolute atomic E-state index is 13.4. The molecule has 0 unspecified atom stereocenters. The fourth-order valence-electron chi connectivity index (χ4n) is 2.25. The monoisotopic (exact) mass is 198 g/mol. The van der Waals surface area contributed by atoms with Gasteiger partial charge < -0.3 is 5.11 Å². The van der Waals surface area contributed by atoms with E-state index in [9.17, 15) is 9.18 Å². The third-order valence-corrected chi connectivity index (χ3v) is 3.53. The van der Waals surface area contributed by atoms with E-state index in [1.54, 1.807) is 0 Å². The summed E-state index contributed by atoms with van der Waals surface area (Å²) in [6.45, 7) is 0. The van der Waals surface area contributed by atoms with Crippen LogP contribution in [0.5, 0.6) is 0 Å². The molecule has 2 aliphatic carbocycles. The van der Waals surface area contributed by atoms with Gasteiger partial charge in [-0.25, -0.2) is 4.79 Å². The van der Waals surface area contributed by atoms with Crippen LogP contribution in [0.2, 0.25) is 0 Å². The summed E-state index contributed by atoms with van der Waals surface area (Å²) in [5, 5.41) is 8.66. The van der Waals surface area contributed by atoms with Crippen molar-refractivity contribution >= 4 is 5.97 Å². The van der Waals surface area contributed by atoms with Crippen molar-refractivity contribution in [3.63, 3.8) is 0 Å². The Morgan fingerprint density at radius 1 is 1.07 bits per heavy atom. The van der Waals surface area contributed by atoms with Crippen molar-refractivity contribution < 1.29 is 14.3 Å². The number of rotatable bonds is 3. The molecular formula is C11H15FO2. The van der Waals surface area contributed by atoms with Crippen molar-refractivity contribution in [1.82, 2.24) is 0 Å². The van der Waals surface area contributed by atoms with Crippen LogP contribution in [0.1, 0.15) is 38.5 Å². The van der Waals surface area contributed by atoms with E-state index in [1.807, 2.05) is 0 Å². The number of hydrogen-bond donors (Lipinski definition) is 1. The molecule has 14 heavy (non-hydrogen) atoms. The molecule has 0 saturated heterocycles. The zero-order valence-corrected chi connectivity index (χ0v) is 8.13. The summed E-state index contributed by atoms with van der Waals surface area (Å²) >= 11 is 0. The van der Waals surface area contributed by atoms with E-state index in [2.05, 4.69) is 0 Å². The molecule has 3 heteroatoms. The van der Waals surface area contributed by atoms with Crippen molar-refractivity contribution in [2.75, 3.05) is 0 Å². The first kappa shape index (κ1) is 9.69. The molecule has 0 spiro atoms. The van der Waals surface area contributed by atoms with Gasteiger partial charge in [0.05, 0.1) is 0 Å². The van der Waals surface area contributed by atoms with E-state index in [4.69, 9.17) is 5.11 Å². The lowest BCUT2D eigenvalue weighted by atomic mass is 9.68. The summed E-state index contributed by atoms with van der Waals surface area (Å²) in [7, 11) is 0. The second-order valence-corrected chi connectivity index (χ2v) is 4.33. The van der Waals surface area contributed by atoms with E-state index in [0.29, 0.717) is 5.57 Å². The van der Waals surface area contributed by atoms with Gasteiger partial charge in [0.1, 0.15) is 0 Å². The highest BCUT2D eigenvalue weighted by atomic mass is 19.1. The number of carboxylic acid groups (broad SMARTS) is 1. The Balaban J connectivity index is 2.19. The Morgan fingerprint density at radius 3 is 1.71 bits per heavy atom. The quantitative estimate of drug-likeness (QED) is 0.708. The number of allylic oxidation sites excluding steroid dienone is 1. The van der Waals surface area contributed by atoms with Gasteiger partial charge in [0.25, 0.3) is 0 Å². The Morgan fingerprint density at radius 2 is 1.50 bits per heavy atom.